The Morgan fingerprint density at radius 2 is 2.05 bits per heavy atom. The van der Waals surface area contributed by atoms with E-state index in [2.05, 4.69) is 29.4 Å². The summed E-state index contributed by atoms with van der Waals surface area (Å²) in [5.41, 5.74) is 3.24. The Morgan fingerprint density at radius 1 is 1.32 bits per heavy atom. The topological polar surface area (TPSA) is 42.0 Å². The molecule has 0 unspecified atom stereocenters. The molecule has 0 bridgehead atoms. The van der Waals surface area contributed by atoms with Gasteiger partial charge >= 0.3 is 0 Å². The first-order valence-electron chi connectivity index (χ1n) is 6.34. The lowest BCUT2D eigenvalue weighted by molar-refractivity contribution is 0.102. The fourth-order valence-corrected chi connectivity index (χ4v) is 2.92. The van der Waals surface area contributed by atoms with Crippen molar-refractivity contribution in [2.75, 3.05) is 11.9 Å². The highest BCUT2D eigenvalue weighted by molar-refractivity contribution is 7.13. The predicted octanol–water partition coefficient (Wildman–Crippen LogP) is 3.62. The third kappa shape index (κ3) is 3.41. The van der Waals surface area contributed by atoms with Gasteiger partial charge in [-0.3, -0.25) is 4.79 Å². The van der Waals surface area contributed by atoms with Crippen LogP contribution in [0, 0.1) is 13.8 Å². The van der Waals surface area contributed by atoms with Crippen molar-refractivity contribution in [1.29, 1.82) is 0 Å². The SMILES string of the molecule is CC(=O)c1sc(CCNc2ccccc2C)nc1C. The largest absolute Gasteiger partial charge is 0.384 e. The molecule has 0 aliphatic heterocycles. The maximum Gasteiger partial charge on any atom is 0.171 e. The zero-order chi connectivity index (χ0) is 13.8. The Kier molecular flexibility index (Phi) is 4.32. The minimum atomic E-state index is 0.105. The van der Waals surface area contributed by atoms with Crippen molar-refractivity contribution in [1.82, 2.24) is 4.98 Å². The number of nitrogens with zero attached hydrogens (tertiary/aromatic N) is 1. The van der Waals surface area contributed by atoms with Gasteiger partial charge in [-0.25, -0.2) is 4.98 Å². The van der Waals surface area contributed by atoms with Crippen LogP contribution in [0.2, 0.25) is 0 Å². The fourth-order valence-electron chi connectivity index (χ4n) is 1.96. The van der Waals surface area contributed by atoms with Gasteiger partial charge in [0.1, 0.15) is 0 Å². The van der Waals surface area contributed by atoms with Crippen LogP contribution in [0.3, 0.4) is 0 Å². The standard InChI is InChI=1S/C15H18N2OS/c1-10-6-4-5-7-13(10)16-9-8-14-17-11(2)15(19-14)12(3)18/h4-7,16H,8-9H2,1-3H3. The molecular formula is C15H18N2OS. The molecule has 1 aromatic carbocycles. The number of carbonyl (C=O) groups is 1. The molecule has 3 nitrogen and oxygen atoms in total. The number of ketones is 1. The van der Waals surface area contributed by atoms with Gasteiger partial charge in [0, 0.05) is 25.6 Å². The van der Waals surface area contributed by atoms with E-state index in [4.69, 9.17) is 0 Å². The Labute approximate surface area is 117 Å². The molecule has 0 radical (unpaired) electrons. The number of para-hydroxylation sites is 1. The van der Waals surface area contributed by atoms with Crippen LogP contribution >= 0.6 is 11.3 Å². The van der Waals surface area contributed by atoms with E-state index in [9.17, 15) is 4.79 Å². The van der Waals surface area contributed by atoms with Gasteiger partial charge in [-0.2, -0.15) is 0 Å². The van der Waals surface area contributed by atoms with Crippen LogP contribution in [0.4, 0.5) is 5.69 Å². The molecule has 1 heterocycles. The maximum absolute atomic E-state index is 11.4. The van der Waals surface area contributed by atoms with Gasteiger partial charge in [-0.15, -0.1) is 11.3 Å². The second-order valence-corrected chi connectivity index (χ2v) is 5.65. The highest BCUT2D eigenvalue weighted by atomic mass is 32.1. The van der Waals surface area contributed by atoms with Crippen molar-refractivity contribution in [3.63, 3.8) is 0 Å². The molecule has 0 aliphatic rings. The van der Waals surface area contributed by atoms with Crippen molar-refractivity contribution >= 4 is 22.8 Å². The number of Topliss-reactive ketones (excluding diaryl/α,β-unsaturated/α-hetero) is 1. The minimum Gasteiger partial charge on any atom is -0.384 e. The molecule has 2 aromatic rings. The highest BCUT2D eigenvalue weighted by Crippen LogP contribution is 2.19. The van der Waals surface area contributed by atoms with Crippen molar-refractivity contribution in [3.05, 3.63) is 45.4 Å². The van der Waals surface area contributed by atoms with Crippen LogP contribution in [0.25, 0.3) is 0 Å². The van der Waals surface area contributed by atoms with Gasteiger partial charge in [0.2, 0.25) is 0 Å². The number of nitrogens with one attached hydrogen (secondary N) is 1. The summed E-state index contributed by atoms with van der Waals surface area (Å²) in [6.45, 7) is 6.40. The number of thiazole rings is 1. The molecule has 2 rings (SSSR count). The number of hydrogen-bond donors (Lipinski definition) is 1. The van der Waals surface area contributed by atoms with E-state index in [0.29, 0.717) is 0 Å². The van der Waals surface area contributed by atoms with E-state index < -0.39 is 0 Å². The van der Waals surface area contributed by atoms with Crippen LogP contribution in [-0.4, -0.2) is 17.3 Å². The molecule has 4 heteroatoms. The van der Waals surface area contributed by atoms with Crippen molar-refractivity contribution in [2.24, 2.45) is 0 Å². The van der Waals surface area contributed by atoms with Crippen LogP contribution < -0.4 is 5.32 Å². The lowest BCUT2D eigenvalue weighted by Gasteiger charge is -2.07. The van der Waals surface area contributed by atoms with Crippen LogP contribution in [0.15, 0.2) is 24.3 Å². The first kappa shape index (κ1) is 13.7. The van der Waals surface area contributed by atoms with E-state index in [1.54, 1.807) is 6.92 Å². The minimum absolute atomic E-state index is 0.105. The third-order valence-corrected chi connectivity index (χ3v) is 4.28. The first-order chi connectivity index (χ1) is 9.08. The lowest BCUT2D eigenvalue weighted by atomic mass is 10.2. The second-order valence-electron chi connectivity index (χ2n) is 4.57. The number of hydrogen-bond acceptors (Lipinski definition) is 4. The number of carbonyl (C=O) groups excluding carboxylic acids is 1. The van der Waals surface area contributed by atoms with Gasteiger partial charge in [-0.05, 0) is 25.5 Å². The van der Waals surface area contributed by atoms with E-state index in [1.807, 2.05) is 19.1 Å². The molecule has 0 spiro atoms. The fraction of sp³-hybridized carbons (Fsp3) is 0.333. The Bertz CT molecular complexity index is 590. The number of aromatic nitrogens is 1. The quantitative estimate of drug-likeness (QED) is 0.847. The first-order valence-corrected chi connectivity index (χ1v) is 7.16. The number of aryl methyl sites for hydroxylation is 2. The summed E-state index contributed by atoms with van der Waals surface area (Å²) in [5.74, 6) is 0.105. The van der Waals surface area contributed by atoms with E-state index in [0.717, 1.165) is 34.2 Å². The Balaban J connectivity index is 1.95. The van der Waals surface area contributed by atoms with Crippen LogP contribution in [0.1, 0.15) is 32.9 Å². The number of anilines is 1. The number of benzene rings is 1. The van der Waals surface area contributed by atoms with Gasteiger partial charge in [0.25, 0.3) is 0 Å². The van der Waals surface area contributed by atoms with Crippen molar-refractivity contribution in [3.8, 4) is 0 Å². The average Bonchev–Trinajstić information content (AvgIpc) is 2.73. The summed E-state index contributed by atoms with van der Waals surface area (Å²) in [5, 5.41) is 4.42. The zero-order valence-corrected chi connectivity index (χ0v) is 12.3. The molecular weight excluding hydrogens is 256 g/mol. The number of rotatable bonds is 5. The Morgan fingerprint density at radius 3 is 2.68 bits per heavy atom. The summed E-state index contributed by atoms with van der Waals surface area (Å²) < 4.78 is 0. The normalized spacial score (nSPS) is 10.5. The van der Waals surface area contributed by atoms with Crippen molar-refractivity contribution in [2.45, 2.75) is 27.2 Å². The van der Waals surface area contributed by atoms with E-state index >= 15 is 0 Å². The predicted molar refractivity (Wildman–Crippen MR) is 80.2 cm³/mol. The van der Waals surface area contributed by atoms with E-state index in [1.165, 1.54) is 16.9 Å². The van der Waals surface area contributed by atoms with Crippen molar-refractivity contribution < 1.29 is 4.79 Å². The molecule has 19 heavy (non-hydrogen) atoms. The maximum atomic E-state index is 11.4. The average molecular weight is 274 g/mol. The van der Waals surface area contributed by atoms with E-state index in [-0.39, 0.29) is 5.78 Å². The molecule has 1 N–H and O–H groups in total. The zero-order valence-electron chi connectivity index (χ0n) is 11.5. The van der Waals surface area contributed by atoms with Crippen LogP contribution in [-0.2, 0) is 6.42 Å². The third-order valence-electron chi connectivity index (χ3n) is 2.96. The van der Waals surface area contributed by atoms with Crippen LogP contribution in [0.5, 0.6) is 0 Å². The molecule has 0 atom stereocenters. The highest BCUT2D eigenvalue weighted by Gasteiger charge is 2.10. The summed E-state index contributed by atoms with van der Waals surface area (Å²) in [6.07, 6.45) is 0.840. The van der Waals surface area contributed by atoms with Gasteiger partial charge < -0.3 is 5.32 Å². The monoisotopic (exact) mass is 274 g/mol. The van der Waals surface area contributed by atoms with Gasteiger partial charge in [0.05, 0.1) is 15.6 Å². The summed E-state index contributed by atoms with van der Waals surface area (Å²) in [6, 6.07) is 8.22. The molecule has 0 saturated carbocycles. The Hall–Kier alpha value is -1.68. The summed E-state index contributed by atoms with van der Waals surface area (Å²) in [7, 11) is 0. The molecule has 1 aromatic heterocycles. The molecule has 0 fully saturated rings. The summed E-state index contributed by atoms with van der Waals surface area (Å²) in [4.78, 5) is 16.6. The van der Waals surface area contributed by atoms with Gasteiger partial charge in [0.15, 0.2) is 5.78 Å². The molecule has 0 saturated heterocycles. The molecule has 100 valence electrons. The lowest BCUT2D eigenvalue weighted by Crippen LogP contribution is -2.05. The molecule has 0 amide bonds. The summed E-state index contributed by atoms with van der Waals surface area (Å²) >= 11 is 1.51. The second kappa shape index (κ2) is 5.97. The smallest absolute Gasteiger partial charge is 0.171 e. The molecule has 0 aliphatic carbocycles. The van der Waals surface area contributed by atoms with Gasteiger partial charge in [-0.1, -0.05) is 18.2 Å².